The molecule has 10 heteroatoms. The number of hydrogen-bond donors (Lipinski definition) is 0. The first kappa shape index (κ1) is 17.2. The molecule has 0 radical (unpaired) electrons. The van der Waals surface area contributed by atoms with Gasteiger partial charge in [-0.1, -0.05) is 0 Å². The van der Waals surface area contributed by atoms with Crippen molar-refractivity contribution < 1.29 is 35.6 Å². The lowest BCUT2D eigenvalue weighted by molar-refractivity contribution is -0.916. The van der Waals surface area contributed by atoms with Crippen LogP contribution in [0.4, 0.5) is 13.2 Å². The van der Waals surface area contributed by atoms with E-state index in [0.29, 0.717) is 30.8 Å². The van der Waals surface area contributed by atoms with Crippen LogP contribution in [-0.2, 0) is 19.6 Å². The Hall–Kier alpha value is -0.870. The van der Waals surface area contributed by atoms with E-state index in [4.69, 9.17) is 4.74 Å². The van der Waals surface area contributed by atoms with Gasteiger partial charge in [0.25, 0.3) is 0 Å². The molecule has 6 nitrogen and oxygen atoms in total. The first-order valence-electron chi connectivity index (χ1n) is 6.00. The normalized spacial score (nSPS) is 19.6. The van der Waals surface area contributed by atoms with E-state index < -0.39 is 28.0 Å². The predicted octanol–water partition coefficient (Wildman–Crippen LogP) is 0.161. The summed E-state index contributed by atoms with van der Waals surface area (Å²) in [5.41, 5.74) is -5.47. The second-order valence-electron chi connectivity index (χ2n) is 4.94. The van der Waals surface area contributed by atoms with Crippen LogP contribution in [-0.4, -0.2) is 75.1 Å². The minimum absolute atomic E-state index is 0.105. The number of carbonyl (C=O) groups excluding carboxylic acids is 1. The van der Waals surface area contributed by atoms with Gasteiger partial charge in [0.2, 0.25) is 5.91 Å². The highest BCUT2D eigenvalue weighted by atomic mass is 32.2. The number of nitrogens with zero attached hydrogens (tertiary/aromatic N) is 2. The van der Waals surface area contributed by atoms with Crippen LogP contribution in [0.2, 0.25) is 0 Å². The van der Waals surface area contributed by atoms with Crippen molar-refractivity contribution in [2.75, 3.05) is 46.4 Å². The number of amides is 1. The van der Waals surface area contributed by atoms with E-state index in [9.17, 15) is 26.4 Å². The molecular formula is C10H18F3N2O4S+. The van der Waals surface area contributed by atoms with Crippen molar-refractivity contribution in [2.24, 2.45) is 0 Å². The molecule has 0 spiro atoms. The molecule has 0 saturated carbocycles. The highest BCUT2D eigenvalue weighted by Gasteiger charge is 2.51. The fraction of sp³-hybridized carbons (Fsp3) is 0.900. The Balaban J connectivity index is 2.82. The third-order valence-corrected chi connectivity index (χ3v) is 4.93. The van der Waals surface area contributed by atoms with Gasteiger partial charge >= 0.3 is 15.5 Å². The van der Waals surface area contributed by atoms with Crippen molar-refractivity contribution in [3.63, 3.8) is 0 Å². The zero-order valence-electron chi connectivity index (χ0n) is 11.3. The number of alkyl halides is 3. The number of halogens is 3. The lowest BCUT2D eigenvalue weighted by Gasteiger charge is -2.38. The van der Waals surface area contributed by atoms with Crippen molar-refractivity contribution in [1.29, 1.82) is 0 Å². The summed E-state index contributed by atoms with van der Waals surface area (Å²) in [6.45, 7) is 2.50. The van der Waals surface area contributed by atoms with Crippen LogP contribution in [0.5, 0.6) is 0 Å². The van der Waals surface area contributed by atoms with Crippen molar-refractivity contribution >= 4 is 15.9 Å². The number of ether oxygens (including phenoxy) is 1. The van der Waals surface area contributed by atoms with Gasteiger partial charge in [-0.3, -0.25) is 4.79 Å². The summed E-state index contributed by atoms with van der Waals surface area (Å²) in [7, 11) is -3.83. The van der Waals surface area contributed by atoms with Crippen molar-refractivity contribution in [3.8, 4) is 0 Å². The molecule has 0 N–H and O–H groups in total. The van der Waals surface area contributed by atoms with E-state index in [-0.39, 0.29) is 10.8 Å². The fourth-order valence-electron chi connectivity index (χ4n) is 1.91. The average Bonchev–Trinajstić information content (AvgIpc) is 2.27. The molecule has 0 bridgehead atoms. The highest BCUT2D eigenvalue weighted by molar-refractivity contribution is 7.90. The molecule has 0 unspecified atom stereocenters. The second-order valence-corrected chi connectivity index (χ2v) is 6.80. The Morgan fingerprint density at radius 3 is 2.20 bits per heavy atom. The van der Waals surface area contributed by atoms with E-state index in [0.717, 1.165) is 6.92 Å². The maximum absolute atomic E-state index is 12.5. The number of quaternary nitrogens is 1. The van der Waals surface area contributed by atoms with Crippen LogP contribution < -0.4 is 0 Å². The van der Waals surface area contributed by atoms with Crippen LogP contribution in [0.15, 0.2) is 0 Å². The summed E-state index contributed by atoms with van der Waals surface area (Å²) in [6, 6.07) is 0. The molecule has 1 amide bonds. The summed E-state index contributed by atoms with van der Waals surface area (Å²) in [5.74, 6) is -1.14. The first-order valence-corrected chi connectivity index (χ1v) is 7.44. The minimum Gasteiger partial charge on any atom is -0.370 e. The van der Waals surface area contributed by atoms with Gasteiger partial charge in [-0.25, -0.2) is 4.31 Å². The average molecular weight is 319 g/mol. The molecule has 0 aromatic rings. The molecule has 118 valence electrons. The number of hydrogen-bond acceptors (Lipinski definition) is 4. The molecule has 0 aromatic heterocycles. The quantitative estimate of drug-likeness (QED) is 0.693. The maximum atomic E-state index is 12.5. The van der Waals surface area contributed by atoms with Crippen molar-refractivity contribution in [1.82, 2.24) is 4.31 Å². The summed E-state index contributed by atoms with van der Waals surface area (Å²) in [6.07, 6.45) is 0. The van der Waals surface area contributed by atoms with Crippen LogP contribution in [0.3, 0.4) is 0 Å². The third-order valence-electron chi connectivity index (χ3n) is 3.33. The molecule has 1 saturated heterocycles. The topological polar surface area (TPSA) is 63.7 Å². The van der Waals surface area contributed by atoms with E-state index >= 15 is 0 Å². The Labute approximate surface area is 115 Å². The third kappa shape index (κ3) is 3.83. The molecule has 1 heterocycles. The first-order chi connectivity index (χ1) is 9.00. The Morgan fingerprint density at radius 2 is 1.80 bits per heavy atom. The standard InChI is InChI=1S/C10H18F3N2O4S/c1-9(16)14(20(17,18)10(11,12)13)3-4-15(2)5-7-19-8-6-15/h3-8H2,1-2H3/q+1. The molecule has 1 aliphatic heterocycles. The molecule has 0 aromatic carbocycles. The van der Waals surface area contributed by atoms with Crippen LogP contribution in [0.1, 0.15) is 6.92 Å². The minimum atomic E-state index is -5.62. The Bertz CT molecular complexity index is 458. The summed E-state index contributed by atoms with van der Waals surface area (Å²) in [5, 5.41) is 0. The van der Waals surface area contributed by atoms with Gasteiger partial charge in [-0.05, 0) is 0 Å². The molecule has 1 fully saturated rings. The smallest absolute Gasteiger partial charge is 0.370 e. The van der Waals surface area contributed by atoms with Gasteiger partial charge in [0.1, 0.15) is 13.1 Å². The Kier molecular flexibility index (Phi) is 5.03. The zero-order valence-corrected chi connectivity index (χ0v) is 12.1. The number of carbonyl (C=O) groups is 1. The molecule has 1 rings (SSSR count). The molecular weight excluding hydrogens is 301 g/mol. The van der Waals surface area contributed by atoms with Gasteiger partial charge in [0.05, 0.1) is 33.4 Å². The van der Waals surface area contributed by atoms with Gasteiger partial charge in [0.15, 0.2) is 0 Å². The summed E-state index contributed by atoms with van der Waals surface area (Å²) < 4.78 is 65.5. The van der Waals surface area contributed by atoms with Crippen LogP contribution in [0.25, 0.3) is 0 Å². The largest absolute Gasteiger partial charge is 0.516 e. The number of morpholine rings is 1. The number of rotatable bonds is 4. The van der Waals surface area contributed by atoms with Gasteiger partial charge in [-0.2, -0.15) is 21.6 Å². The highest BCUT2D eigenvalue weighted by Crippen LogP contribution is 2.27. The van der Waals surface area contributed by atoms with Crippen molar-refractivity contribution in [3.05, 3.63) is 0 Å². The monoisotopic (exact) mass is 319 g/mol. The van der Waals surface area contributed by atoms with Gasteiger partial charge in [-0.15, -0.1) is 0 Å². The molecule has 0 atom stereocenters. The van der Waals surface area contributed by atoms with E-state index in [1.807, 2.05) is 0 Å². The lowest BCUT2D eigenvalue weighted by Crippen LogP contribution is -2.56. The number of likely N-dealkylation sites (N-methyl/N-ethyl adjacent to an activating group) is 1. The summed E-state index contributed by atoms with van der Waals surface area (Å²) >= 11 is 0. The predicted molar refractivity (Wildman–Crippen MR) is 64.0 cm³/mol. The molecule has 1 aliphatic rings. The van der Waals surface area contributed by atoms with E-state index in [1.54, 1.807) is 7.05 Å². The lowest BCUT2D eigenvalue weighted by atomic mass is 10.3. The van der Waals surface area contributed by atoms with Gasteiger partial charge < -0.3 is 9.22 Å². The zero-order chi connectivity index (χ0) is 15.6. The maximum Gasteiger partial charge on any atom is 0.516 e. The van der Waals surface area contributed by atoms with Crippen molar-refractivity contribution in [2.45, 2.75) is 12.4 Å². The molecule has 0 aliphatic carbocycles. The van der Waals surface area contributed by atoms with Gasteiger partial charge in [0, 0.05) is 6.92 Å². The Morgan fingerprint density at radius 1 is 1.30 bits per heavy atom. The number of sulfonamides is 1. The molecule has 20 heavy (non-hydrogen) atoms. The van der Waals surface area contributed by atoms with E-state index in [2.05, 4.69) is 0 Å². The summed E-state index contributed by atoms with van der Waals surface area (Å²) in [4.78, 5) is 11.2. The van der Waals surface area contributed by atoms with Crippen LogP contribution in [0, 0.1) is 0 Å². The van der Waals surface area contributed by atoms with Crippen LogP contribution >= 0.6 is 0 Å². The van der Waals surface area contributed by atoms with E-state index in [1.165, 1.54) is 0 Å². The SMILES string of the molecule is CC(=O)N(CC[N+]1(C)CCOCC1)S(=O)(=O)C(F)(F)F. The fourth-order valence-corrected chi connectivity index (χ4v) is 2.82. The second kappa shape index (κ2) is 5.86.